The molecule has 1 heterocycles. The van der Waals surface area contributed by atoms with Crippen LogP contribution in [0.25, 0.3) is 0 Å². The number of aliphatic hydroxyl groups is 5. The Balaban J connectivity index is 1.74. The van der Waals surface area contributed by atoms with Crippen molar-refractivity contribution in [3.63, 3.8) is 0 Å². The fourth-order valence-electron chi connectivity index (χ4n) is 4.77. The average Bonchev–Trinajstić information content (AvgIpc) is 3.16. The predicted molar refractivity (Wildman–Crippen MR) is 203 cm³/mol. The molecule has 0 aliphatic rings. The van der Waals surface area contributed by atoms with E-state index in [0.29, 0.717) is 37.9 Å². The van der Waals surface area contributed by atoms with Gasteiger partial charge in [-0.2, -0.15) is 0 Å². The van der Waals surface area contributed by atoms with E-state index in [9.17, 15) is 39.6 Å². The van der Waals surface area contributed by atoms with E-state index in [1.807, 2.05) is 44.2 Å². The fourth-order valence-corrected chi connectivity index (χ4v) is 6.64. The molecule has 0 bridgehead atoms. The summed E-state index contributed by atoms with van der Waals surface area (Å²) in [5.74, 6) is -1.03. The molecule has 2 aromatic rings. The Kier molecular flexibility index (Phi) is 22.3. The van der Waals surface area contributed by atoms with E-state index >= 15 is 0 Å². The molecule has 0 fully saturated rings. The van der Waals surface area contributed by atoms with Gasteiger partial charge >= 0.3 is 7.69 Å². The van der Waals surface area contributed by atoms with Crippen molar-refractivity contribution in [2.24, 2.45) is 11.8 Å². The lowest BCUT2D eigenvalue weighted by Gasteiger charge is -2.25. The summed E-state index contributed by atoms with van der Waals surface area (Å²) in [5.41, 5.74) is 1.47. The highest BCUT2D eigenvalue weighted by molar-refractivity contribution is 8.76. The number of carbonyl (C=O) groups is 4. The number of aromatic nitrogens is 2. The maximum Gasteiger partial charge on any atom is 0.486 e. The van der Waals surface area contributed by atoms with Crippen molar-refractivity contribution in [1.82, 2.24) is 31.2 Å². The van der Waals surface area contributed by atoms with Gasteiger partial charge in [0.05, 0.1) is 30.8 Å². The Bertz CT molecular complexity index is 1420. The molecule has 0 saturated carbocycles. The van der Waals surface area contributed by atoms with Crippen molar-refractivity contribution in [3.8, 4) is 0 Å². The Labute approximate surface area is 323 Å². The highest BCUT2D eigenvalue weighted by atomic mass is 33.1. The molecule has 1 aromatic heterocycles. The molecule has 0 aliphatic carbocycles. The first-order chi connectivity index (χ1) is 25.7. The lowest BCUT2D eigenvalue weighted by molar-refractivity contribution is -0.127. The zero-order chi connectivity index (χ0) is 40.0. The second-order valence-electron chi connectivity index (χ2n) is 12.9. The van der Waals surface area contributed by atoms with E-state index < -0.39 is 73.5 Å². The smallest absolute Gasteiger partial charge is 0.429 e. The van der Waals surface area contributed by atoms with Crippen LogP contribution >= 0.6 is 21.6 Å². The summed E-state index contributed by atoms with van der Waals surface area (Å²) >= 11 is 0. The van der Waals surface area contributed by atoms with E-state index in [1.54, 1.807) is 6.92 Å². The van der Waals surface area contributed by atoms with Crippen LogP contribution in [0.2, 0.25) is 0 Å². The first kappa shape index (κ1) is 46.8. The zero-order valence-corrected chi connectivity index (χ0v) is 32.2. The third-order valence-electron chi connectivity index (χ3n) is 7.92. The summed E-state index contributed by atoms with van der Waals surface area (Å²) in [4.78, 5) is 59.5. The van der Waals surface area contributed by atoms with Crippen LogP contribution in [0.4, 0.5) is 0 Å². The number of nitrogens with zero attached hydrogens (tertiary/aromatic N) is 2. The lowest BCUT2D eigenvalue weighted by Crippen LogP contribution is -2.51. The van der Waals surface area contributed by atoms with Gasteiger partial charge in [-0.3, -0.25) is 24.2 Å². The van der Waals surface area contributed by atoms with Crippen molar-refractivity contribution in [3.05, 3.63) is 59.7 Å². The summed E-state index contributed by atoms with van der Waals surface area (Å²) in [7, 11) is 3.51. The SMILES string of the molecule is CC(C)C[C@H](NC(=O)[C@H](Cc1ccccc1)NC(=O)c1cnc(CSSCCNC(=O)[C@@H](C)CCC(=O)NC[C@H](O)[C@@H](O)[C@H](O)[C@H](O)CO)cn1)O[B]O. The normalized spacial score (nSPS) is 15.2. The summed E-state index contributed by atoms with van der Waals surface area (Å²) < 4.78 is 5.15. The highest BCUT2D eigenvalue weighted by Gasteiger charge is 2.30. The van der Waals surface area contributed by atoms with Crippen LogP contribution in [0.3, 0.4) is 0 Å². The van der Waals surface area contributed by atoms with Crippen molar-refractivity contribution >= 4 is 52.9 Å². The lowest BCUT2D eigenvalue weighted by atomic mass is 10.0. The largest absolute Gasteiger partial charge is 0.486 e. The number of nitrogens with one attached hydrogen (secondary N) is 4. The van der Waals surface area contributed by atoms with E-state index in [4.69, 9.17) is 14.8 Å². The second-order valence-corrected chi connectivity index (χ2v) is 15.5. The van der Waals surface area contributed by atoms with Crippen LogP contribution in [0.1, 0.15) is 61.8 Å². The molecular formula is C34H52BN6O11S2. The Morgan fingerprint density at radius 1 is 0.889 bits per heavy atom. The molecule has 54 heavy (non-hydrogen) atoms. The molecule has 299 valence electrons. The Hall–Kier alpha value is -3.34. The Morgan fingerprint density at radius 2 is 1.59 bits per heavy atom. The van der Waals surface area contributed by atoms with Gasteiger partial charge in [0.1, 0.15) is 36.3 Å². The summed E-state index contributed by atoms with van der Waals surface area (Å²) in [6, 6.07) is 8.24. The first-order valence-corrected chi connectivity index (χ1v) is 19.9. The quantitative estimate of drug-likeness (QED) is 0.0232. The monoisotopic (exact) mass is 795 g/mol. The molecule has 2 rings (SSSR count). The maximum atomic E-state index is 13.2. The zero-order valence-electron chi connectivity index (χ0n) is 30.5. The van der Waals surface area contributed by atoms with Gasteiger partial charge in [-0.1, -0.05) is 72.7 Å². The fraction of sp³-hybridized carbons (Fsp3) is 0.588. The molecule has 10 N–H and O–H groups in total. The number of rotatable bonds is 26. The standard InChI is InChI=1S/C34H52BN6O11S2/c1-20(2)13-29(52-35-51)41-33(49)24(14-22-7-5-4-6-8-22)40-34(50)25-16-37-23(15-38-25)19-54-53-12-11-36-32(48)21(3)9-10-28(45)39-17-26(43)30(46)31(47)27(44)18-42/h4-8,15-16,20-21,24,26-27,29-31,42-44,46-47,51H,9-14,17-19H2,1-3H3,(H,36,48)(H,39,45)(H,40,50)(H,41,49)/t21-,24-,26-,27+,29+,30+,31+/m0/s1. The van der Waals surface area contributed by atoms with E-state index in [-0.39, 0.29) is 36.8 Å². The molecule has 7 atom stereocenters. The number of hydrogen-bond acceptors (Lipinski definition) is 15. The topological polar surface area (TPSA) is 273 Å². The van der Waals surface area contributed by atoms with Crippen molar-refractivity contribution in [2.45, 2.75) is 88.9 Å². The molecule has 0 saturated heterocycles. The third kappa shape index (κ3) is 17.9. The van der Waals surface area contributed by atoms with Crippen LogP contribution in [0.15, 0.2) is 42.7 Å². The molecule has 17 nitrogen and oxygen atoms in total. The van der Waals surface area contributed by atoms with Crippen LogP contribution in [0.5, 0.6) is 0 Å². The van der Waals surface area contributed by atoms with Gasteiger partial charge in [0.2, 0.25) is 17.7 Å². The molecular weight excluding hydrogens is 743 g/mol. The number of hydrogen-bond donors (Lipinski definition) is 10. The van der Waals surface area contributed by atoms with E-state index in [2.05, 4.69) is 31.2 Å². The van der Waals surface area contributed by atoms with Gasteiger partial charge in [0, 0.05) is 43.4 Å². The van der Waals surface area contributed by atoms with Crippen molar-refractivity contribution in [2.75, 3.05) is 25.4 Å². The third-order valence-corrected chi connectivity index (χ3v) is 10.2. The number of carbonyl (C=O) groups excluding carboxylic acids is 4. The van der Waals surface area contributed by atoms with Gasteiger partial charge in [-0.25, -0.2) is 4.98 Å². The van der Waals surface area contributed by atoms with Crippen molar-refractivity contribution < 1.29 is 54.4 Å². The average molecular weight is 796 g/mol. The van der Waals surface area contributed by atoms with Gasteiger partial charge in [0.15, 0.2) is 0 Å². The number of benzene rings is 1. The molecule has 0 spiro atoms. The summed E-state index contributed by atoms with van der Waals surface area (Å²) in [5, 5.41) is 67.4. The van der Waals surface area contributed by atoms with Crippen LogP contribution in [-0.4, -0.2) is 134 Å². The van der Waals surface area contributed by atoms with Crippen LogP contribution in [0, 0.1) is 11.8 Å². The van der Waals surface area contributed by atoms with Gasteiger partial charge in [-0.15, -0.1) is 0 Å². The van der Waals surface area contributed by atoms with Crippen LogP contribution < -0.4 is 21.3 Å². The predicted octanol–water partition coefficient (Wildman–Crippen LogP) is -1.18. The number of aliphatic hydroxyl groups excluding tert-OH is 5. The molecule has 0 unspecified atom stereocenters. The van der Waals surface area contributed by atoms with Crippen LogP contribution in [-0.2, 0) is 31.2 Å². The highest BCUT2D eigenvalue weighted by Crippen LogP contribution is 2.24. The summed E-state index contributed by atoms with van der Waals surface area (Å²) in [6.45, 7) is 4.73. The van der Waals surface area contributed by atoms with E-state index in [1.165, 1.54) is 34.0 Å². The second kappa shape index (κ2) is 25.7. The molecule has 20 heteroatoms. The molecule has 1 aromatic carbocycles. The van der Waals surface area contributed by atoms with Crippen molar-refractivity contribution in [1.29, 1.82) is 0 Å². The van der Waals surface area contributed by atoms with Gasteiger partial charge in [-0.05, 0) is 24.3 Å². The van der Waals surface area contributed by atoms with Gasteiger partial charge in [0.25, 0.3) is 5.91 Å². The maximum absolute atomic E-state index is 13.2. The minimum absolute atomic E-state index is 0.0203. The minimum Gasteiger partial charge on any atom is -0.429 e. The van der Waals surface area contributed by atoms with Gasteiger partial charge < -0.3 is 56.5 Å². The Morgan fingerprint density at radius 3 is 2.22 bits per heavy atom. The molecule has 1 radical (unpaired) electrons. The number of amides is 4. The minimum atomic E-state index is -1.79. The molecule has 0 aliphatic heterocycles. The molecule has 4 amide bonds. The van der Waals surface area contributed by atoms with E-state index in [0.717, 1.165) is 5.56 Å². The first-order valence-electron chi connectivity index (χ1n) is 17.4. The summed E-state index contributed by atoms with van der Waals surface area (Å²) in [6.07, 6.45) is -3.92.